The zero-order valence-corrected chi connectivity index (χ0v) is 19.5. The minimum Gasteiger partial charge on any atom is -0.493 e. The number of aliphatic hydroxyl groups excluding tert-OH is 2. The van der Waals surface area contributed by atoms with E-state index in [1.54, 1.807) is 35.5 Å². The average Bonchev–Trinajstić information content (AvgIpc) is 2.83. The molecule has 2 aromatic carbocycles. The van der Waals surface area contributed by atoms with Crippen molar-refractivity contribution in [3.63, 3.8) is 0 Å². The molecule has 0 saturated heterocycles. The highest BCUT2D eigenvalue weighted by Gasteiger charge is 2.38. The van der Waals surface area contributed by atoms with E-state index in [0.29, 0.717) is 35.2 Å². The Labute approximate surface area is 189 Å². The maximum absolute atomic E-state index is 10.3. The lowest BCUT2D eigenvalue weighted by atomic mass is 9.84. The molecular formula is C24H33NO7. The molecule has 0 amide bonds. The van der Waals surface area contributed by atoms with E-state index in [0.717, 1.165) is 16.7 Å². The highest BCUT2D eigenvalue weighted by atomic mass is 16.5. The molecule has 32 heavy (non-hydrogen) atoms. The molecule has 8 heteroatoms. The number of β-amino-alcohol motifs (C(OH)–C–C–N with tert-alkyl or cyclic N) is 1. The molecule has 0 spiro atoms. The van der Waals surface area contributed by atoms with E-state index in [2.05, 4.69) is 11.8 Å². The summed E-state index contributed by atoms with van der Waals surface area (Å²) in [7, 11) is 8.01. The van der Waals surface area contributed by atoms with Crippen LogP contribution in [0.2, 0.25) is 0 Å². The van der Waals surface area contributed by atoms with E-state index in [1.807, 2.05) is 24.3 Å². The summed E-state index contributed by atoms with van der Waals surface area (Å²) in [6.07, 6.45) is -0.239. The Morgan fingerprint density at radius 1 is 0.906 bits per heavy atom. The van der Waals surface area contributed by atoms with E-state index in [-0.39, 0.29) is 25.2 Å². The Morgan fingerprint density at radius 2 is 1.56 bits per heavy atom. The Balaban J connectivity index is 2.17. The average molecular weight is 448 g/mol. The highest BCUT2D eigenvalue weighted by molar-refractivity contribution is 5.61. The van der Waals surface area contributed by atoms with Gasteiger partial charge in [0.25, 0.3) is 0 Å². The normalized spacial score (nSPS) is 19.1. The summed E-state index contributed by atoms with van der Waals surface area (Å²) in [5.41, 5.74) is 3.06. The van der Waals surface area contributed by atoms with Crippen molar-refractivity contribution < 1.29 is 33.9 Å². The van der Waals surface area contributed by atoms with Gasteiger partial charge in [-0.3, -0.25) is 4.90 Å². The largest absolute Gasteiger partial charge is 0.493 e. The van der Waals surface area contributed by atoms with E-state index in [4.69, 9.17) is 23.7 Å². The van der Waals surface area contributed by atoms with Crippen LogP contribution in [0.15, 0.2) is 24.3 Å². The van der Waals surface area contributed by atoms with E-state index < -0.39 is 6.10 Å². The summed E-state index contributed by atoms with van der Waals surface area (Å²) in [4.78, 5) is 2.17. The predicted octanol–water partition coefficient (Wildman–Crippen LogP) is 2.74. The predicted molar refractivity (Wildman–Crippen MR) is 120 cm³/mol. The van der Waals surface area contributed by atoms with Crippen LogP contribution in [0, 0.1) is 0 Å². The second-order valence-corrected chi connectivity index (χ2v) is 7.76. The lowest BCUT2D eigenvalue weighted by molar-refractivity contribution is 0.0212. The van der Waals surface area contributed by atoms with Crippen molar-refractivity contribution in [2.24, 2.45) is 0 Å². The van der Waals surface area contributed by atoms with Crippen molar-refractivity contribution in [1.29, 1.82) is 0 Å². The Bertz CT molecular complexity index is 933. The van der Waals surface area contributed by atoms with E-state index >= 15 is 0 Å². The molecule has 1 heterocycles. The number of methoxy groups -OCH3 is 5. The molecular weight excluding hydrogens is 414 g/mol. The molecule has 0 aromatic heterocycles. The number of fused-ring (bicyclic) bond motifs is 1. The van der Waals surface area contributed by atoms with Gasteiger partial charge in [-0.25, -0.2) is 0 Å². The number of ether oxygens (including phenoxy) is 5. The first-order chi connectivity index (χ1) is 15.4. The molecule has 3 rings (SSSR count). The molecule has 2 N–H and O–H groups in total. The number of benzene rings is 2. The molecule has 1 aliphatic rings. The number of nitrogens with zero attached hydrogens (tertiary/aromatic N) is 1. The molecule has 176 valence electrons. The van der Waals surface area contributed by atoms with Crippen molar-refractivity contribution in [2.75, 3.05) is 48.7 Å². The SMILES string of the molecule is COc1ccc(C2Cc3cc(OC)c(OC)c(OC)c3C(C)N2CC(O)CO)cc1OC. The van der Waals surface area contributed by atoms with Crippen molar-refractivity contribution >= 4 is 0 Å². The number of hydrogen-bond donors (Lipinski definition) is 2. The van der Waals surface area contributed by atoms with Gasteiger partial charge < -0.3 is 33.9 Å². The molecule has 3 atom stereocenters. The summed E-state index contributed by atoms with van der Waals surface area (Å²) in [5.74, 6) is 3.04. The topological polar surface area (TPSA) is 89.9 Å². The fraction of sp³-hybridized carbons (Fsp3) is 0.500. The summed E-state index contributed by atoms with van der Waals surface area (Å²) in [6.45, 7) is 2.02. The fourth-order valence-electron chi connectivity index (χ4n) is 4.57. The minimum absolute atomic E-state index is 0.0821. The number of aliphatic hydroxyl groups is 2. The molecule has 8 nitrogen and oxygen atoms in total. The van der Waals surface area contributed by atoms with Crippen LogP contribution in [-0.2, 0) is 6.42 Å². The second kappa shape index (κ2) is 10.3. The molecule has 2 aromatic rings. The lowest BCUT2D eigenvalue weighted by Crippen LogP contribution is -2.42. The third kappa shape index (κ3) is 4.30. The summed E-state index contributed by atoms with van der Waals surface area (Å²) in [5, 5.41) is 19.9. The third-order valence-corrected chi connectivity index (χ3v) is 6.11. The smallest absolute Gasteiger partial charge is 0.203 e. The Morgan fingerprint density at radius 3 is 2.12 bits per heavy atom. The highest BCUT2D eigenvalue weighted by Crippen LogP contribution is 2.51. The van der Waals surface area contributed by atoms with Gasteiger partial charge in [-0.15, -0.1) is 0 Å². The Hall–Kier alpha value is -2.68. The van der Waals surface area contributed by atoms with Crippen LogP contribution in [0.4, 0.5) is 0 Å². The van der Waals surface area contributed by atoms with Gasteiger partial charge in [0.15, 0.2) is 23.0 Å². The molecule has 0 radical (unpaired) electrons. The van der Waals surface area contributed by atoms with Crippen LogP contribution in [0.3, 0.4) is 0 Å². The molecule has 0 fully saturated rings. The van der Waals surface area contributed by atoms with Crippen LogP contribution in [0.5, 0.6) is 28.7 Å². The second-order valence-electron chi connectivity index (χ2n) is 7.76. The minimum atomic E-state index is -0.882. The zero-order valence-electron chi connectivity index (χ0n) is 19.5. The standard InChI is InChI=1S/C24H33NO7/c1-14-22-16(11-21(30-4)23(31-5)24(22)32-6)9-18(25(14)12-17(27)13-26)15-7-8-19(28-2)20(10-15)29-3/h7-8,10-11,14,17-18,26-27H,9,12-13H2,1-6H3. The van der Waals surface area contributed by atoms with Crippen molar-refractivity contribution in [2.45, 2.75) is 31.5 Å². The number of rotatable bonds is 9. The van der Waals surface area contributed by atoms with Crippen molar-refractivity contribution in [1.82, 2.24) is 4.90 Å². The van der Waals surface area contributed by atoms with Gasteiger partial charge in [-0.05, 0) is 42.7 Å². The van der Waals surface area contributed by atoms with Gasteiger partial charge in [0, 0.05) is 24.2 Å². The van der Waals surface area contributed by atoms with Crippen LogP contribution in [0.1, 0.15) is 35.7 Å². The Kier molecular flexibility index (Phi) is 7.71. The fourth-order valence-corrected chi connectivity index (χ4v) is 4.57. The van der Waals surface area contributed by atoms with E-state index in [1.165, 1.54) is 0 Å². The molecule has 1 aliphatic heterocycles. The van der Waals surface area contributed by atoms with Crippen LogP contribution in [-0.4, -0.2) is 69.9 Å². The first-order valence-electron chi connectivity index (χ1n) is 10.5. The maximum atomic E-state index is 10.3. The van der Waals surface area contributed by atoms with Crippen LogP contribution < -0.4 is 23.7 Å². The third-order valence-electron chi connectivity index (χ3n) is 6.11. The van der Waals surface area contributed by atoms with Gasteiger partial charge >= 0.3 is 0 Å². The van der Waals surface area contributed by atoms with Crippen LogP contribution in [0.25, 0.3) is 0 Å². The number of hydrogen-bond acceptors (Lipinski definition) is 8. The van der Waals surface area contributed by atoms with Gasteiger partial charge in [-0.1, -0.05) is 6.07 Å². The lowest BCUT2D eigenvalue weighted by Gasteiger charge is -2.43. The quantitative estimate of drug-likeness (QED) is 0.607. The van der Waals surface area contributed by atoms with Crippen LogP contribution >= 0.6 is 0 Å². The van der Waals surface area contributed by atoms with Gasteiger partial charge in [0.1, 0.15) is 0 Å². The summed E-state index contributed by atoms with van der Waals surface area (Å²) < 4.78 is 27.8. The van der Waals surface area contributed by atoms with Crippen molar-refractivity contribution in [3.8, 4) is 28.7 Å². The molecule has 0 bridgehead atoms. The van der Waals surface area contributed by atoms with E-state index in [9.17, 15) is 10.2 Å². The monoisotopic (exact) mass is 447 g/mol. The van der Waals surface area contributed by atoms with Gasteiger partial charge in [0.05, 0.1) is 48.3 Å². The maximum Gasteiger partial charge on any atom is 0.203 e. The molecule has 0 aliphatic carbocycles. The van der Waals surface area contributed by atoms with Crippen molar-refractivity contribution in [3.05, 3.63) is 41.0 Å². The van der Waals surface area contributed by atoms with Gasteiger partial charge in [0.2, 0.25) is 5.75 Å². The first-order valence-corrected chi connectivity index (χ1v) is 10.5. The zero-order chi connectivity index (χ0) is 23.4. The first kappa shape index (κ1) is 24.0. The summed E-state index contributed by atoms with van der Waals surface area (Å²) in [6, 6.07) is 7.61. The summed E-state index contributed by atoms with van der Waals surface area (Å²) >= 11 is 0. The van der Waals surface area contributed by atoms with Gasteiger partial charge in [-0.2, -0.15) is 0 Å². The molecule has 3 unspecified atom stereocenters. The molecule has 0 saturated carbocycles.